The van der Waals surface area contributed by atoms with Gasteiger partial charge in [0.1, 0.15) is 0 Å². The van der Waals surface area contributed by atoms with E-state index < -0.39 is 0 Å². The van der Waals surface area contributed by atoms with Gasteiger partial charge in [-0.05, 0) is 43.9 Å². The van der Waals surface area contributed by atoms with Crippen LogP contribution in [0.25, 0.3) is 0 Å². The molecule has 3 aliphatic rings. The van der Waals surface area contributed by atoms with E-state index in [-0.39, 0.29) is 0 Å². The SMILES string of the molecule is CC1CC(NC2CC2)CN(CC2CC2)C1. The number of nitrogens with zero attached hydrogens (tertiary/aromatic N) is 1. The van der Waals surface area contributed by atoms with Gasteiger partial charge in [0.25, 0.3) is 0 Å². The summed E-state index contributed by atoms with van der Waals surface area (Å²) >= 11 is 0. The molecule has 3 rings (SSSR count). The van der Waals surface area contributed by atoms with Crippen LogP contribution in [-0.4, -0.2) is 36.6 Å². The largest absolute Gasteiger partial charge is 0.310 e. The summed E-state index contributed by atoms with van der Waals surface area (Å²) in [5.41, 5.74) is 0. The van der Waals surface area contributed by atoms with Crippen LogP contribution in [0.2, 0.25) is 0 Å². The number of likely N-dealkylation sites (tertiary alicyclic amines) is 1. The van der Waals surface area contributed by atoms with E-state index in [1.165, 1.54) is 51.7 Å². The van der Waals surface area contributed by atoms with Gasteiger partial charge in [-0.2, -0.15) is 0 Å². The zero-order valence-electron chi connectivity index (χ0n) is 9.91. The van der Waals surface area contributed by atoms with Crippen molar-refractivity contribution in [2.75, 3.05) is 19.6 Å². The van der Waals surface area contributed by atoms with Crippen LogP contribution in [0, 0.1) is 11.8 Å². The smallest absolute Gasteiger partial charge is 0.0200 e. The van der Waals surface area contributed by atoms with Crippen LogP contribution in [-0.2, 0) is 0 Å². The van der Waals surface area contributed by atoms with Crippen molar-refractivity contribution in [1.29, 1.82) is 0 Å². The summed E-state index contributed by atoms with van der Waals surface area (Å²) in [6, 6.07) is 1.67. The van der Waals surface area contributed by atoms with Crippen LogP contribution in [0.15, 0.2) is 0 Å². The standard InChI is InChI=1S/C13H24N2/c1-10-6-13(14-12-4-5-12)9-15(7-10)8-11-2-3-11/h10-14H,2-9H2,1H3. The molecule has 2 unspecified atom stereocenters. The summed E-state index contributed by atoms with van der Waals surface area (Å²) in [7, 11) is 0. The van der Waals surface area contributed by atoms with Crippen molar-refractivity contribution in [3.8, 4) is 0 Å². The van der Waals surface area contributed by atoms with Gasteiger partial charge in [0.15, 0.2) is 0 Å². The Bertz CT molecular complexity index is 195. The first-order chi connectivity index (χ1) is 7.29. The fourth-order valence-electron chi connectivity index (χ4n) is 2.98. The predicted molar refractivity (Wildman–Crippen MR) is 62.9 cm³/mol. The first kappa shape index (κ1) is 10.1. The Balaban J connectivity index is 1.49. The number of hydrogen-bond acceptors (Lipinski definition) is 2. The fraction of sp³-hybridized carbons (Fsp3) is 1.00. The molecule has 1 aliphatic heterocycles. The average molecular weight is 208 g/mol. The molecule has 1 N–H and O–H groups in total. The number of rotatable bonds is 4. The third-order valence-corrected chi connectivity index (χ3v) is 4.00. The highest BCUT2D eigenvalue weighted by atomic mass is 15.2. The summed E-state index contributed by atoms with van der Waals surface area (Å²) in [4.78, 5) is 2.71. The van der Waals surface area contributed by atoms with Crippen molar-refractivity contribution in [2.24, 2.45) is 11.8 Å². The zero-order valence-corrected chi connectivity index (χ0v) is 9.91. The molecule has 15 heavy (non-hydrogen) atoms. The lowest BCUT2D eigenvalue weighted by Crippen LogP contribution is -2.49. The van der Waals surface area contributed by atoms with E-state index >= 15 is 0 Å². The summed E-state index contributed by atoms with van der Waals surface area (Å²) < 4.78 is 0. The van der Waals surface area contributed by atoms with Crippen molar-refractivity contribution in [3.05, 3.63) is 0 Å². The molecular formula is C13H24N2. The van der Waals surface area contributed by atoms with E-state index in [0.717, 1.165) is 23.9 Å². The Morgan fingerprint density at radius 3 is 2.53 bits per heavy atom. The predicted octanol–water partition coefficient (Wildman–Crippen LogP) is 1.86. The molecule has 0 spiro atoms. The molecule has 0 bridgehead atoms. The summed E-state index contributed by atoms with van der Waals surface area (Å²) in [6.07, 6.45) is 7.23. The molecule has 2 nitrogen and oxygen atoms in total. The summed E-state index contributed by atoms with van der Waals surface area (Å²) in [5.74, 6) is 1.95. The highest BCUT2D eigenvalue weighted by molar-refractivity contribution is 4.90. The molecule has 3 fully saturated rings. The zero-order chi connectivity index (χ0) is 10.3. The van der Waals surface area contributed by atoms with Crippen LogP contribution in [0.1, 0.15) is 39.0 Å². The van der Waals surface area contributed by atoms with E-state index in [1.807, 2.05) is 0 Å². The van der Waals surface area contributed by atoms with Crippen LogP contribution in [0.5, 0.6) is 0 Å². The maximum absolute atomic E-state index is 3.81. The molecule has 2 heteroatoms. The Hall–Kier alpha value is -0.0800. The van der Waals surface area contributed by atoms with Gasteiger partial charge in [0.2, 0.25) is 0 Å². The van der Waals surface area contributed by atoms with E-state index in [0.29, 0.717) is 0 Å². The quantitative estimate of drug-likeness (QED) is 0.758. The van der Waals surface area contributed by atoms with Crippen LogP contribution >= 0.6 is 0 Å². The Labute approximate surface area is 93.4 Å². The molecular weight excluding hydrogens is 184 g/mol. The minimum Gasteiger partial charge on any atom is -0.310 e. The van der Waals surface area contributed by atoms with Crippen molar-refractivity contribution in [3.63, 3.8) is 0 Å². The van der Waals surface area contributed by atoms with E-state index in [2.05, 4.69) is 17.1 Å². The van der Waals surface area contributed by atoms with Gasteiger partial charge in [-0.15, -0.1) is 0 Å². The molecule has 0 aromatic rings. The first-order valence-electron chi connectivity index (χ1n) is 6.78. The second-order valence-electron chi connectivity index (χ2n) is 6.14. The van der Waals surface area contributed by atoms with Gasteiger partial charge in [0.05, 0.1) is 0 Å². The lowest BCUT2D eigenvalue weighted by Gasteiger charge is -2.37. The molecule has 2 saturated carbocycles. The first-order valence-corrected chi connectivity index (χ1v) is 6.78. The van der Waals surface area contributed by atoms with Crippen molar-refractivity contribution >= 4 is 0 Å². The molecule has 0 radical (unpaired) electrons. The Kier molecular flexibility index (Phi) is 2.73. The second kappa shape index (κ2) is 4.06. The molecule has 0 aromatic heterocycles. The highest BCUT2D eigenvalue weighted by Gasteiger charge is 2.32. The lowest BCUT2D eigenvalue weighted by atomic mass is 9.95. The van der Waals surface area contributed by atoms with Crippen LogP contribution in [0.3, 0.4) is 0 Å². The van der Waals surface area contributed by atoms with Crippen molar-refractivity contribution in [1.82, 2.24) is 10.2 Å². The molecule has 0 aromatic carbocycles. The minimum absolute atomic E-state index is 0.792. The summed E-state index contributed by atoms with van der Waals surface area (Å²) in [6.45, 7) is 6.46. The van der Waals surface area contributed by atoms with Gasteiger partial charge in [0, 0.05) is 31.7 Å². The average Bonchev–Trinajstić information content (AvgIpc) is 2.98. The second-order valence-corrected chi connectivity index (χ2v) is 6.14. The van der Waals surface area contributed by atoms with Crippen LogP contribution in [0.4, 0.5) is 0 Å². The van der Waals surface area contributed by atoms with E-state index in [1.54, 1.807) is 0 Å². The van der Waals surface area contributed by atoms with Crippen molar-refractivity contribution < 1.29 is 0 Å². The number of piperidine rings is 1. The Morgan fingerprint density at radius 2 is 1.87 bits per heavy atom. The van der Waals surface area contributed by atoms with Crippen molar-refractivity contribution in [2.45, 2.75) is 51.1 Å². The Morgan fingerprint density at radius 1 is 1.07 bits per heavy atom. The molecule has 0 amide bonds. The molecule has 2 aliphatic carbocycles. The molecule has 1 heterocycles. The third-order valence-electron chi connectivity index (χ3n) is 4.00. The fourth-order valence-corrected chi connectivity index (χ4v) is 2.98. The highest BCUT2D eigenvalue weighted by Crippen LogP contribution is 2.31. The van der Waals surface area contributed by atoms with Gasteiger partial charge in [-0.3, -0.25) is 0 Å². The lowest BCUT2D eigenvalue weighted by molar-refractivity contribution is 0.143. The number of nitrogens with one attached hydrogen (secondary N) is 1. The van der Waals surface area contributed by atoms with Gasteiger partial charge in [-0.25, -0.2) is 0 Å². The van der Waals surface area contributed by atoms with Gasteiger partial charge < -0.3 is 10.2 Å². The third kappa shape index (κ3) is 2.94. The topological polar surface area (TPSA) is 15.3 Å². The van der Waals surface area contributed by atoms with Gasteiger partial charge >= 0.3 is 0 Å². The normalized spacial score (nSPS) is 38.2. The molecule has 86 valence electrons. The molecule has 1 saturated heterocycles. The van der Waals surface area contributed by atoms with E-state index in [4.69, 9.17) is 0 Å². The van der Waals surface area contributed by atoms with Crippen LogP contribution < -0.4 is 5.32 Å². The monoisotopic (exact) mass is 208 g/mol. The summed E-state index contributed by atoms with van der Waals surface area (Å²) in [5, 5.41) is 3.81. The maximum atomic E-state index is 3.81. The maximum Gasteiger partial charge on any atom is 0.0200 e. The van der Waals surface area contributed by atoms with E-state index in [9.17, 15) is 0 Å². The number of hydrogen-bond donors (Lipinski definition) is 1. The minimum atomic E-state index is 0.792. The van der Waals surface area contributed by atoms with Gasteiger partial charge in [-0.1, -0.05) is 6.92 Å². The molecule has 2 atom stereocenters.